The topological polar surface area (TPSA) is 91.3 Å². The van der Waals surface area contributed by atoms with Crippen molar-refractivity contribution >= 4 is 52.0 Å². The van der Waals surface area contributed by atoms with Crippen LogP contribution in [0.25, 0.3) is 0 Å². The molecule has 3 N–H and O–H groups in total. The summed E-state index contributed by atoms with van der Waals surface area (Å²) in [5.74, 6) is 0.130. The normalized spacial score (nSPS) is 21.5. The Bertz CT molecular complexity index is 541. The van der Waals surface area contributed by atoms with Gasteiger partial charge in [-0.15, -0.1) is 0 Å². The second kappa shape index (κ2) is 6.57. The standard InChI is InChI=1S/C12H13ClIN3O3/c13-8-5-15-10(4-9(8)14)17-11(18)6-1-2-7(3-6)16-12(19)20/h4-7,16H,1-3H2,(H,19,20)(H,15,17,18)/t6-,7+/m0/s1. The highest BCUT2D eigenvalue weighted by Gasteiger charge is 2.30. The van der Waals surface area contributed by atoms with Gasteiger partial charge in [0.2, 0.25) is 5.91 Å². The van der Waals surface area contributed by atoms with Crippen molar-refractivity contribution in [1.29, 1.82) is 0 Å². The van der Waals surface area contributed by atoms with Crippen LogP contribution in [-0.4, -0.2) is 28.1 Å². The molecule has 0 unspecified atom stereocenters. The first-order valence-electron chi connectivity index (χ1n) is 6.07. The predicted molar refractivity (Wildman–Crippen MR) is 82.9 cm³/mol. The van der Waals surface area contributed by atoms with Crippen LogP contribution in [0.15, 0.2) is 12.3 Å². The molecule has 0 radical (unpaired) electrons. The summed E-state index contributed by atoms with van der Waals surface area (Å²) in [4.78, 5) is 26.7. The van der Waals surface area contributed by atoms with Crippen LogP contribution in [0.3, 0.4) is 0 Å². The van der Waals surface area contributed by atoms with Crippen LogP contribution in [0, 0.1) is 9.49 Å². The third-order valence-corrected chi connectivity index (χ3v) is 4.70. The Hall–Kier alpha value is -1.09. The Balaban J connectivity index is 1.92. The van der Waals surface area contributed by atoms with Gasteiger partial charge in [-0.1, -0.05) is 11.6 Å². The fourth-order valence-electron chi connectivity index (χ4n) is 2.24. The second-order valence-corrected chi connectivity index (χ2v) is 6.20. The lowest BCUT2D eigenvalue weighted by molar-refractivity contribution is -0.119. The number of carbonyl (C=O) groups excluding carboxylic acids is 1. The monoisotopic (exact) mass is 409 g/mol. The number of carboxylic acid groups (broad SMARTS) is 1. The summed E-state index contributed by atoms with van der Waals surface area (Å²) in [7, 11) is 0. The quantitative estimate of drug-likeness (QED) is 0.670. The smallest absolute Gasteiger partial charge is 0.404 e. The van der Waals surface area contributed by atoms with Crippen LogP contribution in [0.1, 0.15) is 19.3 Å². The number of rotatable bonds is 3. The van der Waals surface area contributed by atoms with E-state index < -0.39 is 6.09 Å². The average molecular weight is 410 g/mol. The van der Waals surface area contributed by atoms with Crippen molar-refractivity contribution in [3.8, 4) is 0 Å². The molecule has 8 heteroatoms. The van der Waals surface area contributed by atoms with Crippen molar-refractivity contribution in [3.63, 3.8) is 0 Å². The molecule has 2 atom stereocenters. The Morgan fingerprint density at radius 2 is 2.20 bits per heavy atom. The lowest BCUT2D eigenvalue weighted by Gasteiger charge is -2.12. The summed E-state index contributed by atoms with van der Waals surface area (Å²) in [5, 5.41) is 14.3. The van der Waals surface area contributed by atoms with E-state index in [9.17, 15) is 9.59 Å². The van der Waals surface area contributed by atoms with E-state index in [4.69, 9.17) is 16.7 Å². The third-order valence-electron chi connectivity index (χ3n) is 3.19. The van der Waals surface area contributed by atoms with Crippen LogP contribution >= 0.6 is 34.2 Å². The number of anilines is 1. The largest absolute Gasteiger partial charge is 0.465 e. The summed E-state index contributed by atoms with van der Waals surface area (Å²) < 4.78 is 0.811. The molecule has 0 aromatic carbocycles. The van der Waals surface area contributed by atoms with Gasteiger partial charge in [0.25, 0.3) is 0 Å². The predicted octanol–water partition coefficient (Wildman–Crippen LogP) is 2.71. The zero-order chi connectivity index (χ0) is 14.7. The van der Waals surface area contributed by atoms with Crippen LogP contribution < -0.4 is 10.6 Å². The number of hydrogen-bond donors (Lipinski definition) is 3. The molecule has 1 aliphatic rings. The molecule has 1 aromatic heterocycles. The summed E-state index contributed by atoms with van der Waals surface area (Å²) in [6.07, 6.45) is 2.30. The summed E-state index contributed by atoms with van der Waals surface area (Å²) in [5.41, 5.74) is 0. The maximum absolute atomic E-state index is 12.1. The summed E-state index contributed by atoms with van der Waals surface area (Å²) >= 11 is 7.93. The number of nitrogens with one attached hydrogen (secondary N) is 2. The van der Waals surface area contributed by atoms with E-state index in [0.717, 1.165) is 3.57 Å². The molecule has 1 saturated carbocycles. The molecule has 108 valence electrons. The van der Waals surface area contributed by atoms with Gasteiger partial charge in [0, 0.05) is 21.7 Å². The molecule has 20 heavy (non-hydrogen) atoms. The van der Waals surface area contributed by atoms with Crippen LogP contribution in [0.5, 0.6) is 0 Å². The molecule has 1 heterocycles. The van der Waals surface area contributed by atoms with E-state index in [1.807, 2.05) is 0 Å². The van der Waals surface area contributed by atoms with Crippen molar-refractivity contribution in [2.75, 3.05) is 5.32 Å². The van der Waals surface area contributed by atoms with Gasteiger partial charge in [0.05, 0.1) is 5.02 Å². The minimum Gasteiger partial charge on any atom is -0.465 e. The van der Waals surface area contributed by atoms with Crippen molar-refractivity contribution in [3.05, 3.63) is 20.9 Å². The van der Waals surface area contributed by atoms with Crippen molar-refractivity contribution < 1.29 is 14.7 Å². The average Bonchev–Trinajstić information content (AvgIpc) is 2.81. The number of carbonyl (C=O) groups is 2. The molecule has 1 aliphatic carbocycles. The van der Waals surface area contributed by atoms with E-state index in [1.165, 1.54) is 6.20 Å². The summed E-state index contributed by atoms with van der Waals surface area (Å²) in [6.45, 7) is 0. The second-order valence-electron chi connectivity index (χ2n) is 4.63. The van der Waals surface area contributed by atoms with E-state index >= 15 is 0 Å². The molecule has 6 nitrogen and oxygen atoms in total. The Kier molecular flexibility index (Phi) is 5.03. The number of hydrogen-bond acceptors (Lipinski definition) is 3. The van der Waals surface area contributed by atoms with Crippen LogP contribution in [-0.2, 0) is 4.79 Å². The molecule has 1 fully saturated rings. The maximum atomic E-state index is 12.1. The van der Waals surface area contributed by atoms with Gasteiger partial charge in [-0.2, -0.15) is 0 Å². The molecular weight excluding hydrogens is 397 g/mol. The molecule has 2 rings (SSSR count). The number of amides is 2. The van der Waals surface area contributed by atoms with Gasteiger partial charge in [-0.25, -0.2) is 9.78 Å². The zero-order valence-electron chi connectivity index (χ0n) is 10.4. The van der Waals surface area contributed by atoms with E-state index in [1.54, 1.807) is 6.07 Å². The zero-order valence-corrected chi connectivity index (χ0v) is 13.3. The number of nitrogens with zero attached hydrogens (tertiary/aromatic N) is 1. The van der Waals surface area contributed by atoms with E-state index in [0.29, 0.717) is 30.1 Å². The first-order chi connectivity index (χ1) is 9.45. The lowest BCUT2D eigenvalue weighted by atomic mass is 10.1. The summed E-state index contributed by atoms with van der Waals surface area (Å²) in [6, 6.07) is 1.55. The van der Waals surface area contributed by atoms with Crippen molar-refractivity contribution in [2.24, 2.45) is 5.92 Å². The fraction of sp³-hybridized carbons (Fsp3) is 0.417. The maximum Gasteiger partial charge on any atom is 0.404 e. The highest BCUT2D eigenvalue weighted by atomic mass is 127. The third kappa shape index (κ3) is 3.95. The molecule has 0 bridgehead atoms. The first-order valence-corrected chi connectivity index (χ1v) is 7.52. The Morgan fingerprint density at radius 3 is 2.85 bits per heavy atom. The van der Waals surface area contributed by atoms with Crippen molar-refractivity contribution in [2.45, 2.75) is 25.3 Å². The van der Waals surface area contributed by atoms with Gasteiger partial charge < -0.3 is 15.7 Å². The molecule has 1 aromatic rings. The van der Waals surface area contributed by atoms with E-state index in [-0.39, 0.29) is 17.9 Å². The van der Waals surface area contributed by atoms with Gasteiger partial charge in [-0.05, 0) is 47.9 Å². The Morgan fingerprint density at radius 1 is 1.45 bits per heavy atom. The molecule has 0 spiro atoms. The molecule has 0 saturated heterocycles. The van der Waals surface area contributed by atoms with Crippen LogP contribution in [0.4, 0.5) is 10.6 Å². The van der Waals surface area contributed by atoms with Gasteiger partial charge in [0.15, 0.2) is 0 Å². The van der Waals surface area contributed by atoms with E-state index in [2.05, 4.69) is 38.2 Å². The number of halogens is 2. The highest BCUT2D eigenvalue weighted by Crippen LogP contribution is 2.27. The SMILES string of the molecule is O=C(O)N[C@@H]1CC[C@H](C(=O)Nc2cc(I)c(Cl)cn2)C1. The number of pyridine rings is 1. The Labute approximate surface area is 134 Å². The van der Waals surface area contributed by atoms with Gasteiger partial charge in [0.1, 0.15) is 5.82 Å². The minimum absolute atomic E-state index is 0.134. The molecule has 2 amide bonds. The first kappa shape index (κ1) is 15.3. The van der Waals surface area contributed by atoms with Crippen molar-refractivity contribution in [1.82, 2.24) is 10.3 Å². The number of aromatic nitrogens is 1. The fourth-order valence-corrected chi connectivity index (χ4v) is 2.77. The van der Waals surface area contributed by atoms with Gasteiger partial charge in [-0.3, -0.25) is 4.79 Å². The van der Waals surface area contributed by atoms with Crippen LogP contribution in [0.2, 0.25) is 5.02 Å². The molecule has 0 aliphatic heterocycles. The molecular formula is C12H13ClIN3O3. The van der Waals surface area contributed by atoms with Gasteiger partial charge >= 0.3 is 6.09 Å². The highest BCUT2D eigenvalue weighted by molar-refractivity contribution is 14.1. The minimum atomic E-state index is -1.05. The lowest BCUT2D eigenvalue weighted by Crippen LogP contribution is -2.32.